The number of aliphatic hydroxyl groups is 1. The van der Waals surface area contributed by atoms with Crippen molar-refractivity contribution < 1.29 is 9.90 Å². The van der Waals surface area contributed by atoms with E-state index in [1.807, 2.05) is 0 Å². The van der Waals surface area contributed by atoms with Gasteiger partial charge in [-0.3, -0.25) is 4.79 Å². The van der Waals surface area contributed by atoms with Crippen molar-refractivity contribution in [2.45, 2.75) is 0 Å². The van der Waals surface area contributed by atoms with E-state index in [1.54, 1.807) is 18.2 Å². The van der Waals surface area contributed by atoms with Crippen LogP contribution >= 0.6 is 34.8 Å². The summed E-state index contributed by atoms with van der Waals surface area (Å²) in [4.78, 5) is 14.7. The molecule has 0 aliphatic carbocycles. The summed E-state index contributed by atoms with van der Waals surface area (Å²) in [5.74, 6) is 4.81. The first-order valence-corrected chi connectivity index (χ1v) is 6.89. The van der Waals surface area contributed by atoms with E-state index in [0.717, 1.165) is 0 Å². The largest absolute Gasteiger partial charge is 0.384 e. The lowest BCUT2D eigenvalue weighted by atomic mass is 10.2. The number of anilines is 1. The first-order chi connectivity index (χ1) is 10.0. The first-order valence-electron chi connectivity index (χ1n) is 5.76. The molecule has 4 nitrogen and oxygen atoms in total. The third-order valence-corrected chi connectivity index (χ3v) is 3.52. The monoisotopic (exact) mass is 342 g/mol. The van der Waals surface area contributed by atoms with Gasteiger partial charge < -0.3 is 15.4 Å². The number of carbonyl (C=O) groups is 1. The van der Waals surface area contributed by atoms with Crippen LogP contribution < -0.4 is 5.32 Å². The minimum absolute atomic E-state index is 0.190. The Labute approximate surface area is 136 Å². The summed E-state index contributed by atoms with van der Waals surface area (Å²) >= 11 is 17.6. The zero-order valence-corrected chi connectivity index (χ0v) is 12.8. The normalized spacial score (nSPS) is 9.90. The van der Waals surface area contributed by atoms with Crippen molar-refractivity contribution in [1.29, 1.82) is 0 Å². The van der Waals surface area contributed by atoms with Crippen LogP contribution in [0.1, 0.15) is 16.1 Å². The molecule has 1 aromatic heterocycles. The van der Waals surface area contributed by atoms with Gasteiger partial charge in [0.2, 0.25) is 0 Å². The second kappa shape index (κ2) is 6.88. The lowest BCUT2D eigenvalue weighted by Crippen LogP contribution is -2.12. The van der Waals surface area contributed by atoms with Crippen LogP contribution in [0.15, 0.2) is 24.3 Å². The van der Waals surface area contributed by atoms with Gasteiger partial charge in [-0.05, 0) is 24.3 Å². The molecule has 1 heterocycles. The average Bonchev–Trinajstić information content (AvgIpc) is 2.79. The lowest BCUT2D eigenvalue weighted by Gasteiger charge is -2.06. The Kier molecular flexibility index (Phi) is 5.16. The number of aromatic amines is 1. The van der Waals surface area contributed by atoms with Crippen molar-refractivity contribution in [1.82, 2.24) is 4.98 Å². The van der Waals surface area contributed by atoms with Gasteiger partial charge in [-0.2, -0.15) is 0 Å². The zero-order valence-electron chi connectivity index (χ0n) is 10.5. The predicted octanol–water partition coefficient (Wildman–Crippen LogP) is 3.57. The molecule has 0 fully saturated rings. The van der Waals surface area contributed by atoms with Crippen molar-refractivity contribution in [2.75, 3.05) is 11.9 Å². The fourth-order valence-corrected chi connectivity index (χ4v) is 2.03. The van der Waals surface area contributed by atoms with Crippen molar-refractivity contribution in [3.63, 3.8) is 0 Å². The molecule has 0 spiro atoms. The molecule has 0 unspecified atom stereocenters. The SMILES string of the molecule is O=C(Nc1cc(C#CCO)ccc1Cl)c1cc(Cl)c(Cl)[nH]1. The fourth-order valence-electron chi connectivity index (χ4n) is 1.56. The third kappa shape index (κ3) is 3.93. The second-order valence-corrected chi connectivity index (χ2v) is 5.15. The van der Waals surface area contributed by atoms with E-state index < -0.39 is 5.91 Å². The van der Waals surface area contributed by atoms with Crippen molar-refractivity contribution in [3.05, 3.63) is 50.7 Å². The molecule has 7 heteroatoms. The summed E-state index contributed by atoms with van der Waals surface area (Å²) in [5.41, 5.74) is 1.23. The van der Waals surface area contributed by atoms with Crippen LogP contribution in [0.5, 0.6) is 0 Å². The molecule has 1 aromatic carbocycles. The number of benzene rings is 1. The van der Waals surface area contributed by atoms with Crippen LogP contribution in [0.2, 0.25) is 15.2 Å². The number of halogens is 3. The maximum absolute atomic E-state index is 12.1. The maximum Gasteiger partial charge on any atom is 0.272 e. The summed E-state index contributed by atoms with van der Waals surface area (Å²) in [7, 11) is 0. The van der Waals surface area contributed by atoms with E-state index >= 15 is 0 Å². The highest BCUT2D eigenvalue weighted by Crippen LogP contribution is 2.25. The van der Waals surface area contributed by atoms with E-state index in [9.17, 15) is 4.79 Å². The van der Waals surface area contributed by atoms with Crippen molar-refractivity contribution in [3.8, 4) is 11.8 Å². The molecule has 108 valence electrons. The minimum atomic E-state index is -0.432. The molecule has 2 rings (SSSR count). The van der Waals surface area contributed by atoms with Gasteiger partial charge >= 0.3 is 0 Å². The van der Waals surface area contributed by atoms with Crippen LogP contribution in [0, 0.1) is 11.8 Å². The Morgan fingerprint density at radius 3 is 2.62 bits per heavy atom. The number of aliphatic hydroxyl groups excluding tert-OH is 1. The molecular formula is C14H9Cl3N2O2. The van der Waals surface area contributed by atoms with Gasteiger partial charge in [-0.15, -0.1) is 0 Å². The molecule has 2 aromatic rings. The first kappa shape index (κ1) is 15.7. The smallest absolute Gasteiger partial charge is 0.272 e. The Morgan fingerprint density at radius 2 is 2.00 bits per heavy atom. The van der Waals surface area contributed by atoms with Gasteiger partial charge in [0.15, 0.2) is 0 Å². The van der Waals surface area contributed by atoms with E-state index in [1.165, 1.54) is 6.07 Å². The summed E-state index contributed by atoms with van der Waals surface area (Å²) in [6.07, 6.45) is 0. The maximum atomic E-state index is 12.1. The molecule has 1 amide bonds. The number of hydrogen-bond acceptors (Lipinski definition) is 2. The fraction of sp³-hybridized carbons (Fsp3) is 0.0714. The number of carbonyl (C=O) groups excluding carboxylic acids is 1. The molecule has 3 N–H and O–H groups in total. The topological polar surface area (TPSA) is 65.1 Å². The van der Waals surface area contributed by atoms with Gasteiger partial charge in [-0.1, -0.05) is 46.6 Å². The van der Waals surface area contributed by atoms with E-state index in [2.05, 4.69) is 22.1 Å². The molecule has 0 bridgehead atoms. The lowest BCUT2D eigenvalue weighted by molar-refractivity contribution is 0.102. The van der Waals surface area contributed by atoms with E-state index in [-0.39, 0.29) is 22.5 Å². The molecule has 0 radical (unpaired) electrons. The summed E-state index contributed by atoms with van der Waals surface area (Å²) in [6, 6.07) is 6.31. The molecule has 0 atom stereocenters. The Morgan fingerprint density at radius 1 is 1.24 bits per heavy atom. The summed E-state index contributed by atoms with van der Waals surface area (Å²) in [6.45, 7) is -0.246. The van der Waals surface area contributed by atoms with Gasteiger partial charge in [0.25, 0.3) is 5.91 Å². The number of H-pyrrole nitrogens is 1. The average molecular weight is 344 g/mol. The number of amides is 1. The molecule has 0 saturated carbocycles. The van der Waals surface area contributed by atoms with Crippen LogP contribution in [0.4, 0.5) is 5.69 Å². The number of nitrogens with one attached hydrogen (secondary N) is 2. The van der Waals surface area contributed by atoms with E-state index in [0.29, 0.717) is 16.3 Å². The predicted molar refractivity (Wildman–Crippen MR) is 84.2 cm³/mol. The zero-order chi connectivity index (χ0) is 15.4. The molecule has 0 aliphatic heterocycles. The van der Waals surface area contributed by atoms with Crippen molar-refractivity contribution >= 4 is 46.4 Å². The second-order valence-electron chi connectivity index (χ2n) is 3.95. The number of hydrogen-bond donors (Lipinski definition) is 3. The van der Waals surface area contributed by atoms with Crippen LogP contribution in [-0.2, 0) is 0 Å². The third-order valence-electron chi connectivity index (χ3n) is 2.50. The number of aromatic nitrogens is 1. The van der Waals surface area contributed by atoms with Crippen LogP contribution in [-0.4, -0.2) is 22.6 Å². The molecule has 0 saturated heterocycles. The minimum Gasteiger partial charge on any atom is -0.384 e. The Hall–Kier alpha value is -1.64. The number of rotatable bonds is 2. The highest BCUT2D eigenvalue weighted by atomic mass is 35.5. The standard InChI is InChI=1S/C14H9Cl3N2O2/c15-9-4-3-8(2-1-5-20)6-11(9)19-14(21)12-7-10(16)13(17)18-12/h3-4,6-7,18,20H,5H2,(H,19,21). The van der Waals surface area contributed by atoms with E-state index in [4.69, 9.17) is 39.9 Å². The molecule has 0 aliphatic rings. The molecular weight excluding hydrogens is 335 g/mol. The molecule has 21 heavy (non-hydrogen) atoms. The van der Waals surface area contributed by atoms with Gasteiger partial charge in [0, 0.05) is 5.56 Å². The van der Waals surface area contributed by atoms with Gasteiger partial charge in [0.05, 0.1) is 15.7 Å². The quantitative estimate of drug-likeness (QED) is 0.730. The van der Waals surface area contributed by atoms with Gasteiger partial charge in [0.1, 0.15) is 17.5 Å². The van der Waals surface area contributed by atoms with Crippen molar-refractivity contribution in [2.24, 2.45) is 0 Å². The highest BCUT2D eigenvalue weighted by molar-refractivity contribution is 6.41. The van der Waals surface area contributed by atoms with Gasteiger partial charge in [-0.25, -0.2) is 0 Å². The summed E-state index contributed by atoms with van der Waals surface area (Å²) < 4.78 is 0. The Bertz CT molecular complexity index is 725. The van der Waals surface area contributed by atoms with Crippen LogP contribution in [0.3, 0.4) is 0 Å². The highest BCUT2D eigenvalue weighted by Gasteiger charge is 2.13. The summed E-state index contributed by atoms with van der Waals surface area (Å²) in [5, 5.41) is 12.1. The van der Waals surface area contributed by atoms with Crippen LogP contribution in [0.25, 0.3) is 0 Å². The Balaban J connectivity index is 2.24.